The van der Waals surface area contributed by atoms with E-state index < -0.39 is 24.5 Å². The normalized spacial score (nSPS) is 22.5. The summed E-state index contributed by atoms with van der Waals surface area (Å²) in [4.78, 5) is 16.1. The van der Waals surface area contributed by atoms with Crippen LogP contribution in [0.3, 0.4) is 0 Å². The molecule has 2 aromatic rings. The van der Waals surface area contributed by atoms with Crippen molar-refractivity contribution in [3.63, 3.8) is 0 Å². The van der Waals surface area contributed by atoms with Crippen LogP contribution in [-0.2, 0) is 16.0 Å². The molecule has 1 aromatic heterocycles. The fourth-order valence-corrected chi connectivity index (χ4v) is 3.71. The number of carbonyl (C=O) groups is 1. The summed E-state index contributed by atoms with van der Waals surface area (Å²) in [5.74, 6) is -1.53. The van der Waals surface area contributed by atoms with Crippen LogP contribution in [0.1, 0.15) is 23.5 Å². The van der Waals surface area contributed by atoms with Gasteiger partial charge in [-0.2, -0.15) is 0 Å². The maximum atomic E-state index is 12.3. The Balaban J connectivity index is 1.79. The fraction of sp³-hybridized carbons (Fsp3) is 0.400. The summed E-state index contributed by atoms with van der Waals surface area (Å²) in [6.45, 7) is 0. The minimum absolute atomic E-state index is 0.0438. The van der Waals surface area contributed by atoms with Gasteiger partial charge in [0.1, 0.15) is 12.0 Å². The molecule has 3 rings (SSSR count). The molecular weight excluding hydrogens is 403 g/mol. The lowest BCUT2D eigenvalue weighted by atomic mass is 9.78. The van der Waals surface area contributed by atoms with Crippen LogP contribution < -0.4 is 15.6 Å². The molecule has 0 aliphatic carbocycles. The molecule has 1 saturated heterocycles. The number of pyridine rings is 1. The van der Waals surface area contributed by atoms with Gasteiger partial charge in [0.05, 0.1) is 13.5 Å². The monoisotopic (exact) mass is 425 g/mol. The minimum atomic E-state index is -4.75. The van der Waals surface area contributed by atoms with E-state index in [1.165, 1.54) is 31.4 Å². The van der Waals surface area contributed by atoms with Gasteiger partial charge in [0.2, 0.25) is 0 Å². The average molecular weight is 425 g/mol. The van der Waals surface area contributed by atoms with Crippen molar-refractivity contribution in [3.05, 3.63) is 59.9 Å². The van der Waals surface area contributed by atoms with Crippen molar-refractivity contribution in [1.82, 2.24) is 15.8 Å². The number of carbonyl (C=O) groups excluding carboxylic acids is 1. The first kappa shape index (κ1) is 22.0. The Morgan fingerprint density at radius 2 is 1.97 bits per heavy atom. The van der Waals surface area contributed by atoms with Gasteiger partial charge in [0.15, 0.2) is 0 Å². The molecule has 4 atom stereocenters. The fourth-order valence-electron chi connectivity index (χ4n) is 3.71. The van der Waals surface area contributed by atoms with Crippen molar-refractivity contribution >= 4 is 5.97 Å². The number of hydrogen-bond donors (Lipinski definition) is 3. The van der Waals surface area contributed by atoms with Gasteiger partial charge in [-0.15, -0.1) is 13.2 Å². The number of halogens is 3. The van der Waals surface area contributed by atoms with Crippen LogP contribution in [0.25, 0.3) is 0 Å². The van der Waals surface area contributed by atoms with Gasteiger partial charge in [-0.25, -0.2) is 5.43 Å². The van der Waals surface area contributed by atoms with E-state index in [-0.39, 0.29) is 24.1 Å². The van der Waals surface area contributed by atoms with Gasteiger partial charge in [0.25, 0.3) is 0 Å². The van der Waals surface area contributed by atoms with Crippen LogP contribution in [-0.4, -0.2) is 41.8 Å². The number of esters is 1. The van der Waals surface area contributed by atoms with E-state index in [1.54, 1.807) is 18.5 Å². The number of rotatable bonds is 7. The first-order chi connectivity index (χ1) is 14.3. The van der Waals surface area contributed by atoms with Gasteiger partial charge >= 0.3 is 12.3 Å². The Morgan fingerprint density at radius 1 is 1.23 bits per heavy atom. The number of aromatic nitrogens is 1. The van der Waals surface area contributed by atoms with Crippen molar-refractivity contribution in [2.75, 3.05) is 7.11 Å². The van der Waals surface area contributed by atoms with Crippen molar-refractivity contribution in [2.24, 2.45) is 5.92 Å². The van der Waals surface area contributed by atoms with Crippen molar-refractivity contribution in [2.45, 2.75) is 37.4 Å². The molecule has 0 radical (unpaired) electrons. The second-order valence-electron chi connectivity index (χ2n) is 6.99. The van der Waals surface area contributed by atoms with Crippen LogP contribution in [0, 0.1) is 5.92 Å². The summed E-state index contributed by atoms with van der Waals surface area (Å²) in [7, 11) is 1.30. The van der Waals surface area contributed by atoms with E-state index in [2.05, 4.69) is 20.6 Å². The van der Waals surface area contributed by atoms with Gasteiger partial charge in [-0.1, -0.05) is 18.2 Å². The molecule has 1 aliphatic heterocycles. The third-order valence-corrected chi connectivity index (χ3v) is 5.05. The molecular formula is C20H22F3N3O4. The van der Waals surface area contributed by atoms with Crippen LogP contribution in [0.2, 0.25) is 0 Å². The highest BCUT2D eigenvalue weighted by atomic mass is 19.4. The van der Waals surface area contributed by atoms with Crippen molar-refractivity contribution in [1.29, 1.82) is 0 Å². The van der Waals surface area contributed by atoms with Gasteiger partial charge in [0, 0.05) is 30.3 Å². The topological polar surface area (TPSA) is 92.7 Å². The Hall–Kier alpha value is -2.69. The van der Waals surface area contributed by atoms with E-state index in [1.807, 2.05) is 6.07 Å². The van der Waals surface area contributed by atoms with Crippen LogP contribution in [0.5, 0.6) is 5.75 Å². The van der Waals surface area contributed by atoms with Crippen LogP contribution in [0.4, 0.5) is 13.2 Å². The molecule has 0 bridgehead atoms. The molecule has 10 heteroatoms. The zero-order valence-corrected chi connectivity index (χ0v) is 16.1. The molecule has 30 heavy (non-hydrogen) atoms. The first-order valence-corrected chi connectivity index (χ1v) is 9.27. The third kappa shape index (κ3) is 5.68. The smallest absolute Gasteiger partial charge is 0.469 e. The highest BCUT2D eigenvalue weighted by Crippen LogP contribution is 2.36. The SMILES string of the molecule is COC(=O)CC(c1cccnc1)C1C(O)NNC1Cc1ccc(OC(F)(F)F)cc1. The van der Waals surface area contributed by atoms with E-state index in [9.17, 15) is 23.1 Å². The molecule has 7 nitrogen and oxygen atoms in total. The number of methoxy groups -OCH3 is 1. The summed E-state index contributed by atoms with van der Waals surface area (Å²) >= 11 is 0. The zero-order valence-electron chi connectivity index (χ0n) is 16.1. The number of hydrogen-bond acceptors (Lipinski definition) is 7. The number of ether oxygens (including phenoxy) is 2. The van der Waals surface area contributed by atoms with E-state index >= 15 is 0 Å². The molecule has 0 spiro atoms. The molecule has 1 fully saturated rings. The lowest BCUT2D eigenvalue weighted by Crippen LogP contribution is -2.36. The first-order valence-electron chi connectivity index (χ1n) is 9.27. The summed E-state index contributed by atoms with van der Waals surface area (Å²) in [6.07, 6.45) is -2.00. The van der Waals surface area contributed by atoms with E-state index in [0.717, 1.165) is 11.1 Å². The molecule has 162 valence electrons. The quantitative estimate of drug-likeness (QED) is 0.586. The number of nitrogens with one attached hydrogen (secondary N) is 2. The second kappa shape index (κ2) is 9.41. The average Bonchev–Trinajstić information content (AvgIpc) is 3.07. The highest BCUT2D eigenvalue weighted by Gasteiger charge is 2.42. The lowest BCUT2D eigenvalue weighted by Gasteiger charge is -2.29. The predicted molar refractivity (Wildman–Crippen MR) is 100.0 cm³/mol. The number of benzene rings is 1. The number of aliphatic hydroxyl groups is 1. The molecule has 1 aromatic carbocycles. The third-order valence-electron chi connectivity index (χ3n) is 5.05. The highest BCUT2D eigenvalue weighted by molar-refractivity contribution is 5.70. The van der Waals surface area contributed by atoms with Crippen LogP contribution in [0.15, 0.2) is 48.8 Å². The molecule has 0 saturated carbocycles. The number of nitrogens with zero attached hydrogens (tertiary/aromatic N) is 1. The van der Waals surface area contributed by atoms with Gasteiger partial charge in [-0.3, -0.25) is 15.2 Å². The standard InChI is InChI=1S/C20H22F3N3O4/c1-29-17(27)10-15(13-3-2-8-24-11-13)18-16(25-26-19(18)28)9-12-4-6-14(7-5-12)30-20(21,22)23/h2-8,11,15-16,18-19,25-26,28H,9-10H2,1H3. The second-order valence-corrected chi connectivity index (χ2v) is 6.99. The predicted octanol–water partition coefficient (Wildman–Crippen LogP) is 2.28. The number of hydrazine groups is 1. The largest absolute Gasteiger partial charge is 0.573 e. The summed E-state index contributed by atoms with van der Waals surface area (Å²) in [5, 5.41) is 10.5. The summed E-state index contributed by atoms with van der Waals surface area (Å²) in [5.41, 5.74) is 7.31. The maximum absolute atomic E-state index is 12.3. The number of aliphatic hydroxyl groups excluding tert-OH is 1. The Labute approximate surface area is 171 Å². The molecule has 0 amide bonds. The van der Waals surface area contributed by atoms with Crippen molar-refractivity contribution in [3.8, 4) is 5.75 Å². The molecule has 1 aliphatic rings. The molecule has 4 unspecified atom stereocenters. The van der Waals surface area contributed by atoms with Gasteiger partial charge < -0.3 is 14.6 Å². The Morgan fingerprint density at radius 3 is 2.57 bits per heavy atom. The Kier molecular flexibility index (Phi) is 6.91. The van der Waals surface area contributed by atoms with Crippen LogP contribution >= 0.6 is 0 Å². The maximum Gasteiger partial charge on any atom is 0.573 e. The van der Waals surface area contributed by atoms with E-state index in [4.69, 9.17) is 4.74 Å². The minimum Gasteiger partial charge on any atom is -0.469 e. The van der Waals surface area contributed by atoms with E-state index in [0.29, 0.717) is 6.42 Å². The molecule has 2 heterocycles. The van der Waals surface area contributed by atoms with Gasteiger partial charge in [-0.05, 0) is 35.7 Å². The summed E-state index contributed by atoms with van der Waals surface area (Å²) < 4.78 is 45.7. The zero-order chi connectivity index (χ0) is 21.7. The summed E-state index contributed by atoms with van der Waals surface area (Å²) in [6, 6.07) is 8.81. The lowest BCUT2D eigenvalue weighted by molar-refractivity contribution is -0.274. The molecule has 3 N–H and O–H groups in total. The van der Waals surface area contributed by atoms with Crippen molar-refractivity contribution < 1.29 is 32.5 Å². The Bertz CT molecular complexity index is 833. The number of alkyl halides is 3.